The second-order valence-electron chi connectivity index (χ2n) is 6.87. The first kappa shape index (κ1) is 17.4. The van der Waals surface area contributed by atoms with Gasteiger partial charge in [-0.05, 0) is 28.5 Å². The van der Waals surface area contributed by atoms with Crippen molar-refractivity contribution >= 4 is 22.9 Å². The van der Waals surface area contributed by atoms with Crippen molar-refractivity contribution in [3.8, 4) is 11.4 Å². The largest absolute Gasteiger partial charge is 0.339 e. The van der Waals surface area contributed by atoms with Gasteiger partial charge in [0.15, 0.2) is 0 Å². The van der Waals surface area contributed by atoms with Gasteiger partial charge >= 0.3 is 0 Å². The lowest BCUT2D eigenvalue weighted by Gasteiger charge is -2.22. The number of thiophene rings is 1. The normalized spacial score (nSPS) is 11.5. The number of benzene rings is 1. The maximum Gasteiger partial charge on any atom is 0.227 e. The number of rotatable bonds is 5. The zero-order chi connectivity index (χ0) is 17.9. The number of hydrogen-bond acceptors (Lipinski definition) is 5. The summed E-state index contributed by atoms with van der Waals surface area (Å²) in [6.45, 7) is 6.38. The third-order valence-corrected chi connectivity index (χ3v) is 4.51. The van der Waals surface area contributed by atoms with E-state index in [1.54, 1.807) is 11.3 Å². The minimum absolute atomic E-state index is 0.0359. The Labute approximate surface area is 151 Å². The van der Waals surface area contributed by atoms with E-state index in [0.29, 0.717) is 24.6 Å². The fourth-order valence-corrected chi connectivity index (χ4v) is 3.18. The number of para-hydroxylation sites is 1. The van der Waals surface area contributed by atoms with E-state index in [2.05, 4.69) is 36.2 Å². The molecule has 6 heteroatoms. The van der Waals surface area contributed by atoms with Gasteiger partial charge in [0.05, 0.1) is 0 Å². The fourth-order valence-electron chi connectivity index (χ4n) is 2.54. The second-order valence-corrected chi connectivity index (χ2v) is 7.65. The average Bonchev–Trinajstić information content (AvgIpc) is 3.24. The molecule has 0 aliphatic rings. The molecular formula is C19H21N3O2S. The number of aromatic nitrogens is 2. The summed E-state index contributed by atoms with van der Waals surface area (Å²) in [7, 11) is 0. The molecule has 0 aliphatic heterocycles. The van der Waals surface area contributed by atoms with E-state index in [1.807, 2.05) is 41.1 Å². The predicted molar refractivity (Wildman–Crippen MR) is 99.7 cm³/mol. The number of nitrogens with one attached hydrogen (secondary N) is 1. The molecular weight excluding hydrogens is 334 g/mol. The molecule has 130 valence electrons. The topological polar surface area (TPSA) is 68.0 Å². The molecule has 0 bridgehead atoms. The Balaban J connectivity index is 1.61. The molecule has 0 unspecified atom stereocenters. The first-order valence-corrected chi connectivity index (χ1v) is 9.12. The summed E-state index contributed by atoms with van der Waals surface area (Å²) in [6.07, 6.45) is 0.713. The van der Waals surface area contributed by atoms with Gasteiger partial charge in [-0.15, -0.1) is 0 Å². The summed E-state index contributed by atoms with van der Waals surface area (Å²) < 4.78 is 5.23. The molecule has 2 aromatic heterocycles. The molecule has 3 aromatic rings. The van der Waals surface area contributed by atoms with Crippen molar-refractivity contribution in [2.45, 2.75) is 39.0 Å². The summed E-state index contributed by atoms with van der Waals surface area (Å²) in [5, 5.41) is 10.9. The van der Waals surface area contributed by atoms with Crippen molar-refractivity contribution in [1.82, 2.24) is 10.1 Å². The molecule has 0 saturated carbocycles. The van der Waals surface area contributed by atoms with Crippen LogP contribution in [-0.2, 0) is 16.6 Å². The van der Waals surface area contributed by atoms with Gasteiger partial charge in [0.1, 0.15) is 0 Å². The maximum atomic E-state index is 12.3. The van der Waals surface area contributed by atoms with Crippen LogP contribution in [0, 0.1) is 0 Å². The van der Waals surface area contributed by atoms with Crippen molar-refractivity contribution < 1.29 is 9.32 Å². The summed E-state index contributed by atoms with van der Waals surface area (Å²) in [4.78, 5) is 16.6. The quantitative estimate of drug-likeness (QED) is 0.722. The van der Waals surface area contributed by atoms with Crippen LogP contribution in [0.2, 0.25) is 0 Å². The second kappa shape index (κ2) is 7.19. The minimum atomic E-state index is -0.0630. The SMILES string of the molecule is CC(C)(C)c1ccccc1NC(=O)CCc1nc(-c2ccsc2)no1. The van der Waals surface area contributed by atoms with Crippen molar-refractivity contribution in [2.75, 3.05) is 5.32 Å². The zero-order valence-electron chi connectivity index (χ0n) is 14.6. The van der Waals surface area contributed by atoms with E-state index in [-0.39, 0.29) is 11.3 Å². The van der Waals surface area contributed by atoms with Gasteiger partial charge in [0, 0.05) is 29.5 Å². The van der Waals surface area contributed by atoms with Gasteiger partial charge in [-0.2, -0.15) is 16.3 Å². The van der Waals surface area contributed by atoms with Gasteiger partial charge in [-0.25, -0.2) is 0 Å². The van der Waals surface area contributed by atoms with Crippen molar-refractivity contribution in [3.63, 3.8) is 0 Å². The lowest BCUT2D eigenvalue weighted by Crippen LogP contribution is -2.18. The molecule has 0 aliphatic carbocycles. The molecule has 1 N–H and O–H groups in total. The highest BCUT2D eigenvalue weighted by molar-refractivity contribution is 7.08. The van der Waals surface area contributed by atoms with Crippen LogP contribution >= 0.6 is 11.3 Å². The molecule has 0 saturated heterocycles. The van der Waals surface area contributed by atoms with Gasteiger partial charge in [0.25, 0.3) is 0 Å². The standard InChI is InChI=1S/C19H21N3O2S/c1-19(2,3)14-6-4-5-7-15(14)20-16(23)8-9-17-21-18(22-24-17)13-10-11-25-12-13/h4-7,10-12H,8-9H2,1-3H3,(H,20,23). The van der Waals surface area contributed by atoms with Crippen molar-refractivity contribution in [2.24, 2.45) is 0 Å². The molecule has 0 radical (unpaired) electrons. The van der Waals surface area contributed by atoms with Crippen LogP contribution in [0.15, 0.2) is 45.6 Å². The minimum Gasteiger partial charge on any atom is -0.339 e. The Hall–Kier alpha value is -2.47. The first-order valence-electron chi connectivity index (χ1n) is 8.18. The Morgan fingerprint density at radius 1 is 1.24 bits per heavy atom. The molecule has 3 rings (SSSR count). The highest BCUT2D eigenvalue weighted by Crippen LogP contribution is 2.29. The maximum absolute atomic E-state index is 12.3. The predicted octanol–water partition coefficient (Wildman–Crippen LogP) is 4.67. The van der Waals surface area contributed by atoms with Gasteiger partial charge < -0.3 is 9.84 Å². The van der Waals surface area contributed by atoms with Crippen LogP contribution in [0.5, 0.6) is 0 Å². The summed E-state index contributed by atoms with van der Waals surface area (Å²) in [5.41, 5.74) is 2.86. The molecule has 1 aromatic carbocycles. The number of anilines is 1. The summed E-state index contributed by atoms with van der Waals surface area (Å²) in [6, 6.07) is 9.83. The number of carbonyl (C=O) groups excluding carboxylic acids is 1. The van der Waals surface area contributed by atoms with Crippen LogP contribution < -0.4 is 5.32 Å². The van der Waals surface area contributed by atoms with E-state index in [1.165, 1.54) is 0 Å². The van der Waals surface area contributed by atoms with Crippen LogP contribution in [0.4, 0.5) is 5.69 Å². The highest BCUT2D eigenvalue weighted by Gasteiger charge is 2.19. The van der Waals surface area contributed by atoms with Crippen LogP contribution in [0.3, 0.4) is 0 Å². The van der Waals surface area contributed by atoms with Crippen molar-refractivity contribution in [3.05, 3.63) is 52.5 Å². The number of aryl methyl sites for hydroxylation is 1. The lowest BCUT2D eigenvalue weighted by atomic mass is 9.86. The Kier molecular flexibility index (Phi) is 4.99. The van der Waals surface area contributed by atoms with Crippen molar-refractivity contribution in [1.29, 1.82) is 0 Å². The molecule has 0 fully saturated rings. The summed E-state index contributed by atoms with van der Waals surface area (Å²) >= 11 is 1.58. The molecule has 2 heterocycles. The fraction of sp³-hybridized carbons (Fsp3) is 0.316. The third kappa shape index (κ3) is 4.33. The Morgan fingerprint density at radius 2 is 2.04 bits per heavy atom. The molecule has 0 atom stereocenters. The number of hydrogen-bond donors (Lipinski definition) is 1. The average molecular weight is 355 g/mol. The molecule has 5 nitrogen and oxygen atoms in total. The Bertz CT molecular complexity index is 848. The molecule has 0 spiro atoms. The number of carbonyl (C=O) groups is 1. The van der Waals surface area contributed by atoms with Gasteiger partial charge in [0.2, 0.25) is 17.6 Å². The van der Waals surface area contributed by atoms with E-state index in [9.17, 15) is 4.79 Å². The molecule has 1 amide bonds. The number of amides is 1. The van der Waals surface area contributed by atoms with Gasteiger partial charge in [-0.3, -0.25) is 4.79 Å². The smallest absolute Gasteiger partial charge is 0.227 e. The highest BCUT2D eigenvalue weighted by atomic mass is 32.1. The lowest BCUT2D eigenvalue weighted by molar-refractivity contribution is -0.116. The van der Waals surface area contributed by atoms with E-state index in [4.69, 9.17) is 4.52 Å². The first-order chi connectivity index (χ1) is 11.9. The van der Waals surface area contributed by atoms with Crippen LogP contribution in [0.25, 0.3) is 11.4 Å². The zero-order valence-corrected chi connectivity index (χ0v) is 15.4. The molecule has 25 heavy (non-hydrogen) atoms. The Morgan fingerprint density at radius 3 is 2.76 bits per heavy atom. The van der Waals surface area contributed by atoms with E-state index in [0.717, 1.165) is 16.8 Å². The number of nitrogens with zero attached hydrogens (tertiary/aromatic N) is 2. The van der Waals surface area contributed by atoms with E-state index < -0.39 is 0 Å². The van der Waals surface area contributed by atoms with Crippen LogP contribution in [-0.4, -0.2) is 16.0 Å². The monoisotopic (exact) mass is 355 g/mol. The van der Waals surface area contributed by atoms with E-state index >= 15 is 0 Å². The summed E-state index contributed by atoms with van der Waals surface area (Å²) in [5.74, 6) is 0.974. The van der Waals surface area contributed by atoms with Gasteiger partial charge in [-0.1, -0.05) is 44.1 Å². The van der Waals surface area contributed by atoms with Crippen LogP contribution in [0.1, 0.15) is 38.6 Å². The third-order valence-electron chi connectivity index (χ3n) is 3.82.